The predicted octanol–water partition coefficient (Wildman–Crippen LogP) is 4.30. The molecule has 2 aromatic carbocycles. The van der Waals surface area contributed by atoms with Gasteiger partial charge in [-0.05, 0) is 35.9 Å². The summed E-state index contributed by atoms with van der Waals surface area (Å²) in [6.45, 7) is 0. The largest absolute Gasteiger partial charge is 0.493 e. The highest BCUT2D eigenvalue weighted by molar-refractivity contribution is 6.32. The average molecular weight is 340 g/mol. The number of aromatic nitrogens is 2. The summed E-state index contributed by atoms with van der Waals surface area (Å²) < 4.78 is 10.5. The molecule has 0 bridgehead atoms. The second-order valence-corrected chi connectivity index (χ2v) is 5.42. The molecule has 6 heteroatoms. The summed E-state index contributed by atoms with van der Waals surface area (Å²) in [5.41, 5.74) is 2.79. The minimum Gasteiger partial charge on any atom is -0.493 e. The Hall–Kier alpha value is -2.97. The zero-order valence-corrected chi connectivity index (χ0v) is 13.9. The maximum atomic E-state index is 9.50. The summed E-state index contributed by atoms with van der Waals surface area (Å²) in [6.07, 6.45) is 1.70. The van der Waals surface area contributed by atoms with Crippen LogP contribution in [0.2, 0.25) is 5.02 Å². The van der Waals surface area contributed by atoms with Crippen molar-refractivity contribution in [2.24, 2.45) is 0 Å². The molecular formula is C18H14ClN3O2. The standard InChI is InChI=1S/C18H14ClN3O2/c1-23-16-9-11(8-13(19)17(16)24-2)7-12(10-20)18-21-14-5-3-4-6-15(14)22-18/h3-9H,1-2H3,(H,21,22)/b12-7-. The Balaban J connectivity index is 2.08. The van der Waals surface area contributed by atoms with Crippen LogP contribution in [0.5, 0.6) is 11.5 Å². The highest BCUT2D eigenvalue weighted by Gasteiger charge is 2.12. The van der Waals surface area contributed by atoms with Crippen LogP contribution in [-0.4, -0.2) is 24.2 Å². The minimum absolute atomic E-state index is 0.398. The van der Waals surface area contributed by atoms with Crippen LogP contribution in [0.3, 0.4) is 0 Å². The summed E-state index contributed by atoms with van der Waals surface area (Å²) in [7, 11) is 3.06. The fraction of sp³-hybridized carbons (Fsp3) is 0.111. The summed E-state index contributed by atoms with van der Waals surface area (Å²) in [4.78, 5) is 7.59. The molecule has 1 aromatic heterocycles. The van der Waals surface area contributed by atoms with Gasteiger partial charge in [-0.15, -0.1) is 0 Å². The van der Waals surface area contributed by atoms with E-state index in [0.29, 0.717) is 27.9 Å². The van der Waals surface area contributed by atoms with Crippen LogP contribution in [0.1, 0.15) is 11.4 Å². The Labute approximate surface area is 144 Å². The van der Waals surface area contributed by atoms with Crippen molar-refractivity contribution in [3.63, 3.8) is 0 Å². The summed E-state index contributed by atoms with van der Waals surface area (Å²) in [5.74, 6) is 1.46. The number of hydrogen-bond acceptors (Lipinski definition) is 4. The number of benzene rings is 2. The lowest BCUT2D eigenvalue weighted by atomic mass is 10.1. The van der Waals surface area contributed by atoms with Crippen LogP contribution in [0, 0.1) is 11.3 Å². The number of halogens is 1. The monoisotopic (exact) mass is 339 g/mol. The first kappa shape index (κ1) is 15.9. The first-order valence-corrected chi connectivity index (χ1v) is 7.52. The third kappa shape index (κ3) is 2.92. The van der Waals surface area contributed by atoms with Crippen molar-refractivity contribution in [1.29, 1.82) is 5.26 Å². The van der Waals surface area contributed by atoms with E-state index in [1.54, 1.807) is 18.2 Å². The Morgan fingerprint density at radius 1 is 1.25 bits per heavy atom. The van der Waals surface area contributed by atoms with Gasteiger partial charge in [0.15, 0.2) is 11.5 Å². The molecular weight excluding hydrogens is 326 g/mol. The van der Waals surface area contributed by atoms with Gasteiger partial charge < -0.3 is 14.5 Å². The van der Waals surface area contributed by atoms with Gasteiger partial charge in [0, 0.05) is 0 Å². The van der Waals surface area contributed by atoms with Gasteiger partial charge in [0.2, 0.25) is 0 Å². The Bertz CT molecular complexity index is 937. The van der Waals surface area contributed by atoms with E-state index >= 15 is 0 Å². The normalized spacial score (nSPS) is 11.3. The summed E-state index contributed by atoms with van der Waals surface area (Å²) >= 11 is 6.21. The number of hydrogen-bond donors (Lipinski definition) is 1. The first-order valence-electron chi connectivity index (χ1n) is 7.14. The number of ether oxygens (including phenoxy) is 2. The predicted molar refractivity (Wildman–Crippen MR) is 94.1 cm³/mol. The van der Waals surface area contributed by atoms with E-state index in [1.165, 1.54) is 14.2 Å². The Kier molecular flexibility index (Phi) is 4.41. The molecule has 0 aliphatic carbocycles. The Morgan fingerprint density at radius 3 is 2.71 bits per heavy atom. The van der Waals surface area contributed by atoms with Crippen LogP contribution in [0.15, 0.2) is 36.4 Å². The van der Waals surface area contributed by atoms with Crippen molar-refractivity contribution in [2.75, 3.05) is 14.2 Å². The van der Waals surface area contributed by atoms with E-state index in [9.17, 15) is 5.26 Å². The number of allylic oxidation sites excluding steroid dienone is 1. The molecule has 1 N–H and O–H groups in total. The van der Waals surface area contributed by atoms with E-state index in [0.717, 1.165) is 16.6 Å². The number of para-hydroxylation sites is 2. The molecule has 120 valence electrons. The molecule has 0 aliphatic rings. The number of rotatable bonds is 4. The number of aromatic amines is 1. The molecule has 0 fully saturated rings. The molecule has 0 radical (unpaired) electrons. The number of H-pyrrole nitrogens is 1. The van der Waals surface area contributed by atoms with Crippen molar-refractivity contribution in [2.45, 2.75) is 0 Å². The van der Waals surface area contributed by atoms with Crippen molar-refractivity contribution >= 4 is 34.3 Å². The second-order valence-electron chi connectivity index (χ2n) is 5.01. The quantitative estimate of drug-likeness (QED) is 0.719. The maximum absolute atomic E-state index is 9.50. The molecule has 0 atom stereocenters. The van der Waals surface area contributed by atoms with Crippen LogP contribution >= 0.6 is 11.6 Å². The highest BCUT2D eigenvalue weighted by atomic mass is 35.5. The van der Waals surface area contributed by atoms with Gasteiger partial charge >= 0.3 is 0 Å². The lowest BCUT2D eigenvalue weighted by molar-refractivity contribution is 0.355. The van der Waals surface area contributed by atoms with E-state index < -0.39 is 0 Å². The number of fused-ring (bicyclic) bond motifs is 1. The summed E-state index contributed by atoms with van der Waals surface area (Å²) in [5, 5.41) is 9.90. The molecule has 3 aromatic rings. The van der Waals surface area contributed by atoms with Crippen LogP contribution in [0.25, 0.3) is 22.7 Å². The number of nitrogens with one attached hydrogen (secondary N) is 1. The van der Waals surface area contributed by atoms with Crippen molar-refractivity contribution in [1.82, 2.24) is 9.97 Å². The van der Waals surface area contributed by atoms with E-state index in [2.05, 4.69) is 16.0 Å². The molecule has 1 heterocycles. The van der Waals surface area contributed by atoms with E-state index in [-0.39, 0.29) is 0 Å². The number of nitriles is 1. The molecule has 3 rings (SSSR count). The number of imidazole rings is 1. The first-order chi connectivity index (χ1) is 11.7. The molecule has 0 saturated heterocycles. The number of nitrogens with zero attached hydrogens (tertiary/aromatic N) is 2. The van der Waals surface area contributed by atoms with Crippen molar-refractivity contribution in [3.05, 3.63) is 52.8 Å². The van der Waals surface area contributed by atoms with Crippen LogP contribution in [-0.2, 0) is 0 Å². The third-order valence-corrected chi connectivity index (χ3v) is 3.81. The van der Waals surface area contributed by atoms with Crippen molar-refractivity contribution in [3.8, 4) is 17.6 Å². The average Bonchev–Trinajstić information content (AvgIpc) is 3.02. The van der Waals surface area contributed by atoms with Gasteiger partial charge in [-0.2, -0.15) is 5.26 Å². The minimum atomic E-state index is 0.398. The molecule has 0 aliphatic heterocycles. The van der Waals surface area contributed by atoms with Crippen LogP contribution in [0.4, 0.5) is 0 Å². The molecule has 5 nitrogen and oxygen atoms in total. The second kappa shape index (κ2) is 6.65. The lowest BCUT2D eigenvalue weighted by Gasteiger charge is -2.10. The molecule has 0 spiro atoms. The van der Waals surface area contributed by atoms with Crippen LogP contribution < -0.4 is 9.47 Å². The fourth-order valence-electron chi connectivity index (χ4n) is 2.42. The Morgan fingerprint density at radius 2 is 2.04 bits per heavy atom. The molecule has 0 amide bonds. The van der Waals surface area contributed by atoms with Gasteiger partial charge in [0.05, 0.1) is 35.8 Å². The molecule has 0 unspecified atom stereocenters. The molecule has 0 saturated carbocycles. The SMILES string of the molecule is COc1cc(/C=C(/C#N)c2nc3ccccc3[nH]2)cc(Cl)c1OC. The van der Waals surface area contributed by atoms with Gasteiger partial charge in [-0.3, -0.25) is 0 Å². The smallest absolute Gasteiger partial charge is 0.179 e. The highest BCUT2D eigenvalue weighted by Crippen LogP contribution is 2.37. The summed E-state index contributed by atoms with van der Waals surface area (Å²) in [6, 6.07) is 13.2. The topological polar surface area (TPSA) is 70.9 Å². The van der Waals surface area contributed by atoms with Gasteiger partial charge in [0.1, 0.15) is 11.9 Å². The number of methoxy groups -OCH3 is 2. The zero-order valence-electron chi connectivity index (χ0n) is 13.1. The van der Waals surface area contributed by atoms with E-state index in [1.807, 2.05) is 24.3 Å². The molecule has 24 heavy (non-hydrogen) atoms. The zero-order chi connectivity index (χ0) is 17.1. The van der Waals surface area contributed by atoms with Gasteiger partial charge in [-0.25, -0.2) is 4.98 Å². The van der Waals surface area contributed by atoms with Gasteiger partial charge in [0.25, 0.3) is 0 Å². The third-order valence-electron chi connectivity index (χ3n) is 3.53. The lowest BCUT2D eigenvalue weighted by Crippen LogP contribution is -1.92. The van der Waals surface area contributed by atoms with Crippen molar-refractivity contribution < 1.29 is 9.47 Å². The van der Waals surface area contributed by atoms with E-state index in [4.69, 9.17) is 21.1 Å². The fourth-order valence-corrected chi connectivity index (χ4v) is 2.72. The maximum Gasteiger partial charge on any atom is 0.179 e. The van der Waals surface area contributed by atoms with Gasteiger partial charge in [-0.1, -0.05) is 23.7 Å².